The number of nitrogens with zero attached hydrogens (tertiary/aromatic N) is 2. The third kappa shape index (κ3) is 6.10. The van der Waals surface area contributed by atoms with Crippen molar-refractivity contribution in [3.8, 4) is 0 Å². The third-order valence-corrected chi connectivity index (χ3v) is 5.74. The molecule has 3 aromatic carbocycles. The van der Waals surface area contributed by atoms with Crippen molar-refractivity contribution in [3.63, 3.8) is 0 Å². The van der Waals surface area contributed by atoms with Gasteiger partial charge in [0.1, 0.15) is 0 Å². The number of carbonyl (C=O) groups is 1. The minimum Gasteiger partial charge on any atom is -0.411 e. The molecule has 4 aromatic rings. The number of pyridine rings is 1. The average molecular weight is 502 g/mol. The summed E-state index contributed by atoms with van der Waals surface area (Å²) in [5.41, 5.74) is 2.87. The number of carbonyl (C=O) groups excluding carboxylic acids is 1. The molecule has 0 saturated heterocycles. The molecule has 0 aliphatic heterocycles. The molecule has 0 unspecified atom stereocenters. The van der Waals surface area contributed by atoms with Crippen LogP contribution < -0.4 is 5.32 Å². The van der Waals surface area contributed by atoms with E-state index in [2.05, 4.69) is 15.5 Å². The van der Waals surface area contributed by atoms with Crippen LogP contribution in [0.15, 0.2) is 109 Å². The van der Waals surface area contributed by atoms with Crippen LogP contribution in [0.5, 0.6) is 0 Å². The van der Waals surface area contributed by atoms with Gasteiger partial charge in [-0.15, -0.1) is 0 Å². The molecule has 1 aromatic heterocycles. The highest BCUT2D eigenvalue weighted by Crippen LogP contribution is 2.31. The van der Waals surface area contributed by atoms with E-state index >= 15 is 0 Å². The fraction of sp³-hybridized carbons (Fsp3) is 0.0690. The number of benzene rings is 3. The second-order valence-corrected chi connectivity index (χ2v) is 8.17. The monoisotopic (exact) mass is 501 g/mol. The Bertz CT molecular complexity index is 1500. The van der Waals surface area contributed by atoms with Gasteiger partial charge in [-0.1, -0.05) is 65.8 Å². The number of hydrogen-bond donors (Lipinski definition) is 2. The molecule has 0 spiro atoms. The van der Waals surface area contributed by atoms with E-state index in [-0.39, 0.29) is 5.91 Å². The number of halogens is 3. The highest BCUT2D eigenvalue weighted by Gasteiger charge is 2.30. The van der Waals surface area contributed by atoms with Crippen molar-refractivity contribution in [2.45, 2.75) is 13.1 Å². The lowest BCUT2D eigenvalue weighted by Gasteiger charge is -2.11. The molecule has 0 saturated carbocycles. The Hall–Kier alpha value is -4.72. The number of hydrogen-bond acceptors (Lipinski definition) is 4. The average Bonchev–Trinajstić information content (AvgIpc) is 2.91. The lowest BCUT2D eigenvalue weighted by molar-refractivity contribution is -0.137. The van der Waals surface area contributed by atoms with Gasteiger partial charge in [0.05, 0.1) is 11.3 Å². The molecule has 0 bridgehead atoms. The predicted octanol–water partition coefficient (Wildman–Crippen LogP) is 7.08. The smallest absolute Gasteiger partial charge is 0.411 e. The van der Waals surface area contributed by atoms with E-state index in [1.54, 1.807) is 61.8 Å². The number of oxime groups is 1. The molecule has 5 nitrogen and oxygen atoms in total. The lowest BCUT2D eigenvalue weighted by Crippen LogP contribution is -2.08. The van der Waals surface area contributed by atoms with Crippen molar-refractivity contribution < 1.29 is 23.2 Å². The van der Waals surface area contributed by atoms with Crippen molar-refractivity contribution in [1.29, 1.82) is 0 Å². The molecular weight excluding hydrogens is 479 g/mol. The molecule has 8 heteroatoms. The lowest BCUT2D eigenvalue weighted by atomic mass is 9.95. The predicted molar refractivity (Wildman–Crippen MR) is 138 cm³/mol. The summed E-state index contributed by atoms with van der Waals surface area (Å²) in [5, 5.41) is 16.8. The Morgan fingerprint density at radius 2 is 1.59 bits per heavy atom. The summed E-state index contributed by atoms with van der Waals surface area (Å²) in [6.07, 6.45) is 3.47. The van der Waals surface area contributed by atoms with Crippen molar-refractivity contribution in [1.82, 2.24) is 4.98 Å². The number of aromatic nitrogens is 1. The fourth-order valence-corrected chi connectivity index (χ4v) is 3.78. The first-order valence-corrected chi connectivity index (χ1v) is 11.3. The van der Waals surface area contributed by atoms with Gasteiger partial charge in [-0.3, -0.25) is 9.78 Å². The zero-order valence-corrected chi connectivity index (χ0v) is 19.7. The van der Waals surface area contributed by atoms with E-state index < -0.39 is 11.7 Å². The van der Waals surface area contributed by atoms with E-state index in [0.29, 0.717) is 33.7 Å². The summed E-state index contributed by atoms with van der Waals surface area (Å²) in [6, 6.07) is 19.2. The molecule has 37 heavy (non-hydrogen) atoms. The number of nitrogens with one attached hydrogen (secondary N) is 1. The van der Waals surface area contributed by atoms with Gasteiger partial charge >= 0.3 is 6.18 Å². The Morgan fingerprint density at radius 3 is 2.24 bits per heavy atom. The van der Waals surface area contributed by atoms with Crippen LogP contribution in [0.2, 0.25) is 0 Å². The van der Waals surface area contributed by atoms with Crippen molar-refractivity contribution >= 4 is 33.7 Å². The number of alkyl halides is 3. The molecule has 2 N–H and O–H groups in total. The van der Waals surface area contributed by atoms with Gasteiger partial charge in [0.15, 0.2) is 0 Å². The van der Waals surface area contributed by atoms with Gasteiger partial charge < -0.3 is 10.5 Å². The first kappa shape index (κ1) is 25.4. The number of anilines is 1. The van der Waals surface area contributed by atoms with E-state index in [1.807, 2.05) is 18.2 Å². The SMILES string of the molecule is CC(=NO)c1ccc(C(=CC=CC(=O)Nc2cccc3cnccc23)c2ccc(C(F)(F)F)cc2)cc1. The second kappa shape index (κ2) is 10.9. The minimum absolute atomic E-state index is 0.363. The first-order valence-electron chi connectivity index (χ1n) is 11.3. The third-order valence-electron chi connectivity index (χ3n) is 5.74. The van der Waals surface area contributed by atoms with Gasteiger partial charge in [0.25, 0.3) is 0 Å². The Balaban J connectivity index is 1.63. The topological polar surface area (TPSA) is 74.6 Å². The number of allylic oxidation sites excluding steroid dienone is 2. The maximum absolute atomic E-state index is 13.1. The normalized spacial score (nSPS) is 12.8. The van der Waals surface area contributed by atoms with Gasteiger partial charge in [-0.25, -0.2) is 0 Å². The van der Waals surface area contributed by atoms with Crippen LogP contribution in [-0.2, 0) is 11.0 Å². The molecule has 1 amide bonds. The highest BCUT2D eigenvalue weighted by atomic mass is 19.4. The van der Waals surface area contributed by atoms with Crippen LogP contribution in [-0.4, -0.2) is 21.8 Å². The quantitative estimate of drug-likeness (QED) is 0.0975. The van der Waals surface area contributed by atoms with E-state index in [9.17, 15) is 18.0 Å². The van der Waals surface area contributed by atoms with Crippen molar-refractivity contribution in [2.75, 3.05) is 5.32 Å². The van der Waals surface area contributed by atoms with E-state index in [4.69, 9.17) is 5.21 Å². The van der Waals surface area contributed by atoms with Crippen LogP contribution in [0.1, 0.15) is 29.2 Å². The van der Waals surface area contributed by atoms with Crippen molar-refractivity contribution in [3.05, 3.63) is 126 Å². The van der Waals surface area contributed by atoms with Crippen LogP contribution in [0.25, 0.3) is 16.3 Å². The summed E-state index contributed by atoms with van der Waals surface area (Å²) < 4.78 is 39.2. The molecule has 0 aliphatic carbocycles. The first-order chi connectivity index (χ1) is 17.8. The summed E-state index contributed by atoms with van der Waals surface area (Å²) >= 11 is 0. The number of fused-ring (bicyclic) bond motifs is 1. The Morgan fingerprint density at radius 1 is 0.946 bits per heavy atom. The van der Waals surface area contributed by atoms with Crippen LogP contribution in [0.4, 0.5) is 18.9 Å². The van der Waals surface area contributed by atoms with Crippen LogP contribution in [0, 0.1) is 0 Å². The maximum atomic E-state index is 13.1. The van der Waals surface area contributed by atoms with E-state index in [0.717, 1.165) is 22.9 Å². The summed E-state index contributed by atoms with van der Waals surface area (Å²) in [7, 11) is 0. The maximum Gasteiger partial charge on any atom is 0.416 e. The van der Waals surface area contributed by atoms with Gasteiger partial charge in [0, 0.05) is 34.9 Å². The Labute approximate surface area is 211 Å². The minimum atomic E-state index is -4.44. The second-order valence-electron chi connectivity index (χ2n) is 8.17. The van der Waals surface area contributed by atoms with Crippen LogP contribution >= 0.6 is 0 Å². The van der Waals surface area contributed by atoms with Crippen LogP contribution in [0.3, 0.4) is 0 Å². The fourth-order valence-electron chi connectivity index (χ4n) is 3.78. The molecular formula is C29H22F3N3O2. The molecule has 0 radical (unpaired) electrons. The van der Waals surface area contributed by atoms with E-state index in [1.165, 1.54) is 18.2 Å². The standard InChI is InChI=1S/C29H22F3N3O2/c1-19(35-37)20-8-10-21(11-9-20)25(22-12-14-24(15-13-22)29(30,31)32)5-3-7-28(36)34-27-6-2-4-23-18-33-17-16-26(23)27/h2-18,37H,1H3,(H,34,36). The zero-order valence-electron chi connectivity index (χ0n) is 19.7. The molecule has 0 atom stereocenters. The van der Waals surface area contributed by atoms with Gasteiger partial charge in [-0.2, -0.15) is 13.2 Å². The number of amides is 1. The van der Waals surface area contributed by atoms with Gasteiger partial charge in [0.2, 0.25) is 5.91 Å². The zero-order chi connectivity index (χ0) is 26.4. The van der Waals surface area contributed by atoms with Crippen molar-refractivity contribution in [2.24, 2.45) is 5.16 Å². The number of rotatable bonds is 6. The van der Waals surface area contributed by atoms with Gasteiger partial charge in [-0.05, 0) is 53.5 Å². The highest BCUT2D eigenvalue weighted by molar-refractivity contribution is 6.06. The molecule has 0 aliphatic rings. The summed E-state index contributed by atoms with van der Waals surface area (Å²) in [6.45, 7) is 1.65. The largest absolute Gasteiger partial charge is 0.416 e. The summed E-state index contributed by atoms with van der Waals surface area (Å²) in [5.74, 6) is -0.363. The Kier molecular flexibility index (Phi) is 7.48. The molecule has 186 valence electrons. The molecule has 0 fully saturated rings. The molecule has 4 rings (SSSR count). The summed E-state index contributed by atoms with van der Waals surface area (Å²) in [4.78, 5) is 16.7. The molecule has 1 heterocycles.